The fourth-order valence-corrected chi connectivity index (χ4v) is 1.75. The molecule has 0 bridgehead atoms. The van der Waals surface area contributed by atoms with E-state index in [1.807, 2.05) is 24.1 Å². The van der Waals surface area contributed by atoms with E-state index in [2.05, 4.69) is 5.92 Å². The number of hydrogen-bond donors (Lipinski definition) is 0. The molecule has 0 saturated carbocycles. The second-order valence-electron chi connectivity index (χ2n) is 3.76. The molecule has 92 valence electrons. The first-order valence-electron chi connectivity index (χ1n) is 5.26. The third-order valence-corrected chi connectivity index (χ3v) is 2.63. The quantitative estimate of drug-likeness (QED) is 0.583. The van der Waals surface area contributed by atoms with Crippen LogP contribution in [-0.4, -0.2) is 37.0 Å². The highest BCUT2D eigenvalue weighted by Crippen LogP contribution is 2.16. The zero-order valence-corrected chi connectivity index (χ0v) is 11.2. The molecule has 0 N–H and O–H groups in total. The van der Waals surface area contributed by atoms with Gasteiger partial charge in [0.2, 0.25) is 0 Å². The highest BCUT2D eigenvalue weighted by molar-refractivity contribution is 6.30. The second kappa shape index (κ2) is 7.45. The van der Waals surface area contributed by atoms with Crippen LogP contribution in [0.1, 0.15) is 0 Å². The van der Waals surface area contributed by atoms with Crippen LogP contribution in [-0.2, 0) is 0 Å². The van der Waals surface area contributed by atoms with Crippen LogP contribution in [0.4, 0.5) is 0 Å². The largest absolute Gasteiger partial charge is 0.492 e. The van der Waals surface area contributed by atoms with Crippen molar-refractivity contribution in [2.75, 3.05) is 26.7 Å². The summed E-state index contributed by atoms with van der Waals surface area (Å²) in [7, 11) is 1.93. The van der Waals surface area contributed by atoms with Gasteiger partial charge in [-0.3, -0.25) is 4.90 Å². The Labute approximate surface area is 112 Å². The SMILES string of the molecule is C#CCN(C)CC(Cl)COc1ccc(Cl)cc1. The standard InChI is InChI=1S/C13H15Cl2NO/c1-3-8-16(2)9-12(15)10-17-13-6-4-11(14)5-7-13/h1,4-7,12H,8-10H2,2H3. The summed E-state index contributed by atoms with van der Waals surface area (Å²) in [5.41, 5.74) is 0. The molecule has 0 fully saturated rings. The number of benzene rings is 1. The third kappa shape index (κ3) is 5.83. The minimum absolute atomic E-state index is 0.0935. The lowest BCUT2D eigenvalue weighted by Gasteiger charge is -2.17. The van der Waals surface area contributed by atoms with Crippen molar-refractivity contribution in [3.63, 3.8) is 0 Å². The fraction of sp³-hybridized carbons (Fsp3) is 0.385. The maximum absolute atomic E-state index is 6.13. The van der Waals surface area contributed by atoms with Gasteiger partial charge in [0.05, 0.1) is 11.9 Å². The molecule has 0 aromatic heterocycles. The molecular formula is C13H15Cl2NO. The van der Waals surface area contributed by atoms with Gasteiger partial charge >= 0.3 is 0 Å². The minimum atomic E-state index is -0.0935. The molecule has 0 radical (unpaired) electrons. The summed E-state index contributed by atoms with van der Waals surface area (Å²) in [4.78, 5) is 1.98. The Morgan fingerprint density at radius 2 is 2.06 bits per heavy atom. The highest BCUT2D eigenvalue weighted by atomic mass is 35.5. The summed E-state index contributed by atoms with van der Waals surface area (Å²) in [6, 6.07) is 7.20. The summed E-state index contributed by atoms with van der Waals surface area (Å²) >= 11 is 11.9. The molecule has 0 spiro atoms. The first-order valence-corrected chi connectivity index (χ1v) is 6.07. The van der Waals surface area contributed by atoms with Crippen molar-refractivity contribution in [2.24, 2.45) is 0 Å². The van der Waals surface area contributed by atoms with Crippen LogP contribution in [0.25, 0.3) is 0 Å². The molecule has 0 aliphatic carbocycles. The van der Waals surface area contributed by atoms with E-state index in [0.29, 0.717) is 24.7 Å². The van der Waals surface area contributed by atoms with Crippen LogP contribution in [0.2, 0.25) is 5.02 Å². The van der Waals surface area contributed by atoms with Crippen LogP contribution >= 0.6 is 23.2 Å². The van der Waals surface area contributed by atoms with E-state index in [1.54, 1.807) is 12.1 Å². The third-order valence-electron chi connectivity index (χ3n) is 2.12. The lowest BCUT2D eigenvalue weighted by molar-refractivity contribution is 0.278. The summed E-state index contributed by atoms with van der Waals surface area (Å²) in [5, 5.41) is 0.595. The molecule has 0 aliphatic rings. The van der Waals surface area contributed by atoms with Gasteiger partial charge in [-0.05, 0) is 31.3 Å². The molecule has 1 aromatic rings. The van der Waals surface area contributed by atoms with Gasteiger partial charge in [0.1, 0.15) is 12.4 Å². The van der Waals surface area contributed by atoms with Gasteiger partial charge in [-0.2, -0.15) is 0 Å². The predicted octanol–water partition coefficient (Wildman–Crippen LogP) is 2.89. The molecule has 1 rings (SSSR count). The van der Waals surface area contributed by atoms with Gasteiger partial charge in [-0.25, -0.2) is 0 Å². The van der Waals surface area contributed by atoms with E-state index in [-0.39, 0.29) is 5.38 Å². The van der Waals surface area contributed by atoms with Gasteiger partial charge in [-0.1, -0.05) is 17.5 Å². The molecule has 4 heteroatoms. The zero-order valence-electron chi connectivity index (χ0n) is 9.70. The summed E-state index contributed by atoms with van der Waals surface area (Å²) in [6.07, 6.45) is 5.21. The summed E-state index contributed by atoms with van der Waals surface area (Å²) in [6.45, 7) is 1.72. The van der Waals surface area contributed by atoms with E-state index in [0.717, 1.165) is 5.75 Å². The molecule has 0 saturated heterocycles. The fourth-order valence-electron chi connectivity index (χ4n) is 1.33. The Bertz CT molecular complexity index is 372. The van der Waals surface area contributed by atoms with Crippen molar-refractivity contribution in [3.8, 4) is 18.1 Å². The Morgan fingerprint density at radius 3 is 2.65 bits per heavy atom. The van der Waals surface area contributed by atoms with Gasteiger partial charge in [-0.15, -0.1) is 18.0 Å². The molecule has 2 nitrogen and oxygen atoms in total. The summed E-state index contributed by atoms with van der Waals surface area (Å²) < 4.78 is 5.53. The smallest absolute Gasteiger partial charge is 0.119 e. The van der Waals surface area contributed by atoms with Crippen molar-refractivity contribution in [2.45, 2.75) is 5.38 Å². The zero-order chi connectivity index (χ0) is 12.7. The van der Waals surface area contributed by atoms with Gasteiger partial charge in [0, 0.05) is 11.6 Å². The second-order valence-corrected chi connectivity index (χ2v) is 4.82. The maximum Gasteiger partial charge on any atom is 0.119 e. The number of alkyl halides is 1. The number of nitrogens with zero attached hydrogens (tertiary/aromatic N) is 1. The normalized spacial score (nSPS) is 12.2. The van der Waals surface area contributed by atoms with Crippen molar-refractivity contribution in [1.29, 1.82) is 0 Å². The van der Waals surface area contributed by atoms with Crippen LogP contribution < -0.4 is 4.74 Å². The molecule has 17 heavy (non-hydrogen) atoms. The van der Waals surface area contributed by atoms with Crippen molar-refractivity contribution in [3.05, 3.63) is 29.3 Å². The van der Waals surface area contributed by atoms with E-state index >= 15 is 0 Å². The average Bonchev–Trinajstić information content (AvgIpc) is 2.28. The van der Waals surface area contributed by atoms with E-state index < -0.39 is 0 Å². The van der Waals surface area contributed by atoms with Crippen LogP contribution in [0.15, 0.2) is 24.3 Å². The van der Waals surface area contributed by atoms with E-state index in [9.17, 15) is 0 Å². The van der Waals surface area contributed by atoms with Gasteiger partial charge in [0.15, 0.2) is 0 Å². The number of hydrogen-bond acceptors (Lipinski definition) is 2. The molecular weight excluding hydrogens is 257 g/mol. The minimum Gasteiger partial charge on any atom is -0.492 e. The van der Waals surface area contributed by atoms with Crippen LogP contribution in [0, 0.1) is 12.3 Å². The Hall–Kier alpha value is -0.880. The Balaban J connectivity index is 2.30. The molecule has 0 amide bonds. The molecule has 1 unspecified atom stereocenters. The lowest BCUT2D eigenvalue weighted by Crippen LogP contribution is -2.30. The van der Waals surface area contributed by atoms with Crippen LogP contribution in [0.3, 0.4) is 0 Å². The van der Waals surface area contributed by atoms with Gasteiger partial charge in [0.25, 0.3) is 0 Å². The number of terminal acetylenes is 1. The van der Waals surface area contributed by atoms with Crippen molar-refractivity contribution >= 4 is 23.2 Å². The van der Waals surface area contributed by atoms with Crippen molar-refractivity contribution in [1.82, 2.24) is 4.90 Å². The summed E-state index contributed by atoms with van der Waals surface area (Å²) in [5.74, 6) is 3.33. The number of halogens is 2. The Morgan fingerprint density at radius 1 is 1.41 bits per heavy atom. The van der Waals surface area contributed by atoms with E-state index in [1.165, 1.54) is 0 Å². The Kier molecular flexibility index (Phi) is 6.21. The lowest BCUT2D eigenvalue weighted by atomic mass is 10.3. The highest BCUT2D eigenvalue weighted by Gasteiger charge is 2.08. The van der Waals surface area contributed by atoms with Crippen LogP contribution in [0.5, 0.6) is 5.75 Å². The van der Waals surface area contributed by atoms with Crippen molar-refractivity contribution < 1.29 is 4.74 Å². The maximum atomic E-state index is 6.13. The average molecular weight is 272 g/mol. The number of rotatable bonds is 6. The topological polar surface area (TPSA) is 12.5 Å². The molecule has 1 aromatic carbocycles. The first kappa shape index (κ1) is 14.2. The van der Waals surface area contributed by atoms with Gasteiger partial charge < -0.3 is 4.74 Å². The monoisotopic (exact) mass is 271 g/mol. The molecule has 0 aliphatic heterocycles. The predicted molar refractivity (Wildman–Crippen MR) is 72.9 cm³/mol. The molecule has 0 heterocycles. The first-order chi connectivity index (χ1) is 8.11. The number of ether oxygens (including phenoxy) is 1. The molecule has 1 atom stereocenters. The van der Waals surface area contributed by atoms with E-state index in [4.69, 9.17) is 34.4 Å².